The Morgan fingerprint density at radius 1 is 0.760 bits per heavy atom. The first kappa shape index (κ1) is 13.9. The van der Waals surface area contributed by atoms with E-state index in [1.165, 1.54) is 0 Å². The Morgan fingerprint density at radius 2 is 1.36 bits per heavy atom. The van der Waals surface area contributed by atoms with Crippen molar-refractivity contribution >= 4 is 39.3 Å². The van der Waals surface area contributed by atoms with Gasteiger partial charge in [-0.05, 0) is 35.0 Å². The summed E-state index contributed by atoms with van der Waals surface area (Å²) in [5.41, 5.74) is 3.06. The number of carbonyl (C=O) groups excluding carboxylic acids is 2. The molecule has 0 bridgehead atoms. The number of hydrogen-bond acceptors (Lipinski definition) is 2. The van der Waals surface area contributed by atoms with Crippen molar-refractivity contribution in [3.63, 3.8) is 0 Å². The number of ketones is 2. The number of hydrogen-bond donors (Lipinski definition) is 1. The van der Waals surface area contributed by atoms with E-state index in [-0.39, 0.29) is 17.1 Å². The minimum atomic E-state index is -0.198. The van der Waals surface area contributed by atoms with Gasteiger partial charge in [-0.25, -0.2) is 0 Å². The molecule has 3 heteroatoms. The maximum absolute atomic E-state index is 12.8. The number of H-pyrrole nitrogens is 1. The zero-order chi connectivity index (χ0) is 17.0. The van der Waals surface area contributed by atoms with Crippen LogP contribution in [0.2, 0.25) is 0 Å². The van der Waals surface area contributed by atoms with Crippen LogP contribution < -0.4 is 0 Å². The van der Waals surface area contributed by atoms with E-state index in [0.717, 1.165) is 27.2 Å². The Labute approximate surface area is 143 Å². The van der Waals surface area contributed by atoms with Crippen molar-refractivity contribution in [3.8, 4) is 0 Å². The molecule has 0 fully saturated rings. The highest BCUT2D eigenvalue weighted by Gasteiger charge is 2.33. The van der Waals surface area contributed by atoms with Crippen LogP contribution in [0.3, 0.4) is 0 Å². The molecule has 1 N–H and O–H groups in total. The molecule has 0 unspecified atom stereocenters. The summed E-state index contributed by atoms with van der Waals surface area (Å²) in [5.74, 6) is -0.396. The van der Waals surface area contributed by atoms with Crippen molar-refractivity contribution in [2.24, 2.45) is 0 Å². The summed E-state index contributed by atoms with van der Waals surface area (Å²) in [6.07, 6.45) is 3.53. The smallest absolute Gasteiger partial charge is 0.197 e. The molecule has 0 spiro atoms. The average molecular weight is 323 g/mol. The summed E-state index contributed by atoms with van der Waals surface area (Å²) < 4.78 is 0. The third-order valence-corrected chi connectivity index (χ3v) is 4.79. The SMILES string of the molecule is O=C1C(=Cc2c[nH]c3ccccc23)C(=O)c2cc3ccccc3cc21. The summed E-state index contributed by atoms with van der Waals surface area (Å²) in [6, 6.07) is 19.2. The van der Waals surface area contributed by atoms with E-state index >= 15 is 0 Å². The number of rotatable bonds is 1. The highest BCUT2D eigenvalue weighted by molar-refractivity contribution is 6.42. The lowest BCUT2D eigenvalue weighted by atomic mass is 10.0. The molecule has 0 radical (unpaired) electrons. The normalized spacial score (nSPS) is 13.7. The third kappa shape index (κ3) is 1.99. The number of aromatic amines is 1. The van der Waals surface area contributed by atoms with E-state index in [1.54, 1.807) is 6.08 Å². The Hall–Kier alpha value is -3.46. The van der Waals surface area contributed by atoms with Crippen LogP contribution in [0.25, 0.3) is 27.8 Å². The van der Waals surface area contributed by atoms with E-state index in [2.05, 4.69) is 4.98 Å². The molecule has 0 saturated carbocycles. The van der Waals surface area contributed by atoms with Crippen LogP contribution in [0.15, 0.2) is 72.4 Å². The lowest BCUT2D eigenvalue weighted by Gasteiger charge is -2.00. The second-order valence-corrected chi connectivity index (χ2v) is 6.25. The molecule has 3 nitrogen and oxygen atoms in total. The summed E-state index contributed by atoms with van der Waals surface area (Å²) in [7, 11) is 0. The molecule has 118 valence electrons. The van der Waals surface area contributed by atoms with Gasteiger partial charge >= 0.3 is 0 Å². The van der Waals surface area contributed by atoms with Gasteiger partial charge in [-0.2, -0.15) is 0 Å². The van der Waals surface area contributed by atoms with E-state index in [1.807, 2.05) is 66.9 Å². The lowest BCUT2D eigenvalue weighted by Crippen LogP contribution is -1.99. The first-order valence-corrected chi connectivity index (χ1v) is 8.12. The molecule has 1 aliphatic carbocycles. The van der Waals surface area contributed by atoms with Crippen LogP contribution in [0.5, 0.6) is 0 Å². The predicted molar refractivity (Wildman–Crippen MR) is 98.9 cm³/mol. The van der Waals surface area contributed by atoms with Gasteiger partial charge in [0.1, 0.15) is 0 Å². The standard InChI is InChI=1S/C22H13NO2/c24-21-17-9-13-5-1-2-6-14(13)10-18(17)22(25)19(21)11-15-12-23-20-8-4-3-7-16(15)20/h1-12,23H. The van der Waals surface area contributed by atoms with Crippen molar-refractivity contribution < 1.29 is 9.59 Å². The first-order valence-electron chi connectivity index (χ1n) is 8.12. The Bertz CT molecular complexity index is 1170. The molecule has 4 aromatic rings. The van der Waals surface area contributed by atoms with Gasteiger partial charge in [-0.3, -0.25) is 9.59 Å². The summed E-state index contributed by atoms with van der Waals surface area (Å²) >= 11 is 0. The van der Waals surface area contributed by atoms with Crippen LogP contribution in [0.1, 0.15) is 26.3 Å². The molecule has 25 heavy (non-hydrogen) atoms. The van der Waals surface area contributed by atoms with Gasteiger partial charge in [0.15, 0.2) is 11.6 Å². The van der Waals surface area contributed by atoms with Gasteiger partial charge < -0.3 is 4.98 Å². The van der Waals surface area contributed by atoms with Crippen molar-refractivity contribution in [2.75, 3.05) is 0 Å². The lowest BCUT2D eigenvalue weighted by molar-refractivity contribution is 0.0990. The zero-order valence-corrected chi connectivity index (χ0v) is 13.2. The molecule has 5 rings (SSSR count). The van der Waals surface area contributed by atoms with Gasteiger partial charge in [0.2, 0.25) is 0 Å². The van der Waals surface area contributed by atoms with Gasteiger partial charge in [0.25, 0.3) is 0 Å². The number of benzene rings is 3. The van der Waals surface area contributed by atoms with E-state index in [0.29, 0.717) is 11.1 Å². The fourth-order valence-electron chi connectivity index (χ4n) is 3.51. The first-order chi connectivity index (χ1) is 12.2. The molecular weight excluding hydrogens is 310 g/mol. The van der Waals surface area contributed by atoms with Crippen molar-refractivity contribution in [1.29, 1.82) is 0 Å². The number of fused-ring (bicyclic) bond motifs is 3. The number of nitrogens with one attached hydrogen (secondary N) is 1. The summed E-state index contributed by atoms with van der Waals surface area (Å²) in [6.45, 7) is 0. The van der Waals surface area contributed by atoms with Gasteiger partial charge in [0, 0.05) is 33.8 Å². The fourth-order valence-corrected chi connectivity index (χ4v) is 3.51. The van der Waals surface area contributed by atoms with Crippen molar-refractivity contribution in [3.05, 3.63) is 89.1 Å². The summed E-state index contributed by atoms with van der Waals surface area (Å²) in [5, 5.41) is 2.93. The third-order valence-electron chi connectivity index (χ3n) is 4.79. The number of aromatic nitrogens is 1. The topological polar surface area (TPSA) is 49.9 Å². The van der Waals surface area contributed by atoms with Crippen LogP contribution in [0.4, 0.5) is 0 Å². The van der Waals surface area contributed by atoms with E-state index in [9.17, 15) is 9.59 Å². The maximum Gasteiger partial charge on any atom is 0.197 e. The average Bonchev–Trinajstić information content (AvgIpc) is 3.16. The molecule has 1 heterocycles. The molecular formula is C22H13NO2. The Balaban J connectivity index is 1.69. The number of para-hydroxylation sites is 1. The van der Waals surface area contributed by atoms with E-state index < -0.39 is 0 Å². The predicted octanol–water partition coefficient (Wildman–Crippen LogP) is 4.78. The highest BCUT2D eigenvalue weighted by Crippen LogP contribution is 2.32. The highest BCUT2D eigenvalue weighted by atomic mass is 16.2. The quantitative estimate of drug-likeness (QED) is 0.405. The van der Waals surface area contributed by atoms with Crippen LogP contribution >= 0.6 is 0 Å². The largest absolute Gasteiger partial charge is 0.361 e. The Kier molecular flexibility index (Phi) is 2.80. The number of Topliss-reactive ketones (excluding diaryl/α,β-unsaturated/α-hetero) is 2. The molecule has 0 saturated heterocycles. The second kappa shape index (κ2) is 5.02. The van der Waals surface area contributed by atoms with Crippen molar-refractivity contribution in [2.45, 2.75) is 0 Å². The molecule has 0 aliphatic heterocycles. The van der Waals surface area contributed by atoms with Crippen LogP contribution in [0, 0.1) is 0 Å². The van der Waals surface area contributed by atoms with Gasteiger partial charge in [-0.15, -0.1) is 0 Å². The minimum absolute atomic E-state index is 0.198. The summed E-state index contributed by atoms with van der Waals surface area (Å²) in [4.78, 5) is 28.8. The monoisotopic (exact) mass is 323 g/mol. The number of carbonyl (C=O) groups is 2. The molecule has 1 aliphatic rings. The molecule has 0 amide bonds. The van der Waals surface area contributed by atoms with Gasteiger partial charge in [-0.1, -0.05) is 42.5 Å². The fraction of sp³-hybridized carbons (Fsp3) is 0. The van der Waals surface area contributed by atoms with Crippen LogP contribution in [-0.4, -0.2) is 16.6 Å². The maximum atomic E-state index is 12.8. The number of allylic oxidation sites excluding steroid dienone is 1. The molecule has 3 aromatic carbocycles. The Morgan fingerprint density at radius 3 is 2.04 bits per heavy atom. The van der Waals surface area contributed by atoms with Crippen molar-refractivity contribution in [1.82, 2.24) is 4.98 Å². The molecule has 0 atom stereocenters. The second-order valence-electron chi connectivity index (χ2n) is 6.25. The zero-order valence-electron chi connectivity index (χ0n) is 13.2. The minimum Gasteiger partial charge on any atom is -0.361 e. The molecule has 1 aromatic heterocycles. The van der Waals surface area contributed by atoms with Gasteiger partial charge in [0.05, 0.1) is 5.57 Å². The van der Waals surface area contributed by atoms with E-state index in [4.69, 9.17) is 0 Å². The van der Waals surface area contributed by atoms with Crippen LogP contribution in [-0.2, 0) is 0 Å².